The first-order chi connectivity index (χ1) is 8.79. The molecule has 0 aliphatic carbocycles. The quantitative estimate of drug-likeness (QED) is 0.845. The normalized spacial score (nSPS) is 12.3. The first-order valence-corrected chi connectivity index (χ1v) is 7.11. The Morgan fingerprint density at radius 2 is 1.83 bits per heavy atom. The van der Waals surface area contributed by atoms with Crippen molar-refractivity contribution in [2.24, 2.45) is 0 Å². The van der Waals surface area contributed by atoms with Crippen LogP contribution in [-0.2, 0) is 6.54 Å². The van der Waals surface area contributed by atoms with E-state index in [1.807, 2.05) is 0 Å². The molecule has 18 heavy (non-hydrogen) atoms. The minimum Gasteiger partial charge on any atom is -0.306 e. The lowest BCUT2D eigenvalue weighted by Gasteiger charge is -2.17. The van der Waals surface area contributed by atoms with Crippen molar-refractivity contribution < 1.29 is 0 Å². The largest absolute Gasteiger partial charge is 0.306 e. The summed E-state index contributed by atoms with van der Waals surface area (Å²) in [6.07, 6.45) is 1.10. The summed E-state index contributed by atoms with van der Waals surface area (Å²) in [5, 5.41) is 3.61. The van der Waals surface area contributed by atoms with Crippen molar-refractivity contribution in [1.82, 2.24) is 5.32 Å². The minimum absolute atomic E-state index is 0.421. The molecule has 0 spiro atoms. The maximum atomic E-state index is 3.61. The van der Waals surface area contributed by atoms with Gasteiger partial charge in [-0.2, -0.15) is 0 Å². The van der Waals surface area contributed by atoms with Crippen LogP contribution in [0.2, 0.25) is 0 Å². The van der Waals surface area contributed by atoms with E-state index in [0.717, 1.165) is 17.4 Å². The lowest BCUT2D eigenvalue weighted by atomic mass is 10.0. The van der Waals surface area contributed by atoms with E-state index in [0.29, 0.717) is 6.04 Å². The lowest BCUT2D eigenvalue weighted by molar-refractivity contribution is 0.519. The number of benzene rings is 2. The van der Waals surface area contributed by atoms with E-state index < -0.39 is 0 Å². The van der Waals surface area contributed by atoms with Crippen molar-refractivity contribution >= 4 is 15.9 Å². The van der Waals surface area contributed by atoms with Gasteiger partial charge in [-0.05, 0) is 29.7 Å². The van der Waals surface area contributed by atoms with Crippen LogP contribution in [0.25, 0.3) is 0 Å². The van der Waals surface area contributed by atoms with Crippen LogP contribution in [-0.4, -0.2) is 0 Å². The summed E-state index contributed by atoms with van der Waals surface area (Å²) in [7, 11) is 0. The predicted octanol–water partition coefficient (Wildman–Crippen LogP) is 4.69. The molecule has 94 valence electrons. The third kappa shape index (κ3) is 3.69. The van der Waals surface area contributed by atoms with Crippen molar-refractivity contribution in [3.05, 3.63) is 70.2 Å². The maximum absolute atomic E-state index is 3.61. The van der Waals surface area contributed by atoms with Crippen LogP contribution in [0.5, 0.6) is 0 Å². The van der Waals surface area contributed by atoms with Gasteiger partial charge < -0.3 is 5.32 Å². The van der Waals surface area contributed by atoms with Gasteiger partial charge in [-0.15, -0.1) is 0 Å². The molecule has 0 heterocycles. The van der Waals surface area contributed by atoms with Gasteiger partial charge in [0, 0.05) is 17.1 Å². The fourth-order valence-corrected chi connectivity index (χ4v) is 2.52. The second-order valence-electron chi connectivity index (χ2n) is 4.38. The highest BCUT2D eigenvalue weighted by Crippen LogP contribution is 2.17. The molecule has 0 fully saturated rings. The summed E-state index contributed by atoms with van der Waals surface area (Å²) in [4.78, 5) is 0. The van der Waals surface area contributed by atoms with Crippen molar-refractivity contribution in [1.29, 1.82) is 0 Å². The molecule has 0 bridgehead atoms. The Hall–Kier alpha value is -1.12. The highest BCUT2D eigenvalue weighted by atomic mass is 79.9. The molecule has 0 saturated heterocycles. The molecular weight excluding hydrogens is 286 g/mol. The van der Waals surface area contributed by atoms with E-state index in [1.54, 1.807) is 0 Å². The van der Waals surface area contributed by atoms with Gasteiger partial charge in [0.15, 0.2) is 0 Å². The Bertz CT molecular complexity index is 481. The second-order valence-corrected chi connectivity index (χ2v) is 5.30. The first kappa shape index (κ1) is 13.3. The fraction of sp³-hybridized carbons (Fsp3) is 0.250. The Morgan fingerprint density at radius 3 is 2.50 bits per heavy atom. The third-order valence-electron chi connectivity index (χ3n) is 3.05. The third-order valence-corrected chi connectivity index (χ3v) is 3.55. The van der Waals surface area contributed by atoms with Crippen LogP contribution in [0.4, 0.5) is 0 Å². The zero-order valence-electron chi connectivity index (χ0n) is 10.6. The van der Waals surface area contributed by atoms with Crippen molar-refractivity contribution in [2.75, 3.05) is 0 Å². The van der Waals surface area contributed by atoms with Gasteiger partial charge in [0.25, 0.3) is 0 Å². The molecule has 1 atom stereocenters. The molecule has 0 amide bonds. The molecule has 0 aromatic heterocycles. The SMILES string of the molecule is CCC(NCc1cccc(Br)c1)c1ccccc1. The highest BCUT2D eigenvalue weighted by Gasteiger charge is 2.07. The van der Waals surface area contributed by atoms with Crippen molar-refractivity contribution in [2.45, 2.75) is 25.9 Å². The van der Waals surface area contributed by atoms with E-state index in [9.17, 15) is 0 Å². The van der Waals surface area contributed by atoms with Gasteiger partial charge in [-0.25, -0.2) is 0 Å². The average Bonchev–Trinajstić information content (AvgIpc) is 2.41. The number of rotatable bonds is 5. The summed E-state index contributed by atoms with van der Waals surface area (Å²) in [5.74, 6) is 0. The van der Waals surface area contributed by atoms with Gasteiger partial charge >= 0.3 is 0 Å². The molecule has 1 nitrogen and oxygen atoms in total. The lowest BCUT2D eigenvalue weighted by Crippen LogP contribution is -2.20. The number of hydrogen-bond donors (Lipinski definition) is 1. The summed E-state index contributed by atoms with van der Waals surface area (Å²) < 4.78 is 1.13. The van der Waals surface area contributed by atoms with E-state index in [-0.39, 0.29) is 0 Å². The highest BCUT2D eigenvalue weighted by molar-refractivity contribution is 9.10. The molecule has 1 N–H and O–H groups in total. The van der Waals surface area contributed by atoms with Crippen LogP contribution in [0.3, 0.4) is 0 Å². The number of halogens is 1. The second kappa shape index (κ2) is 6.72. The van der Waals surface area contributed by atoms with Gasteiger partial charge in [-0.3, -0.25) is 0 Å². The standard InChI is InChI=1S/C16H18BrN/c1-2-16(14-8-4-3-5-9-14)18-12-13-7-6-10-15(17)11-13/h3-11,16,18H,2,12H2,1H3. The first-order valence-electron chi connectivity index (χ1n) is 6.32. The molecule has 2 aromatic carbocycles. The Morgan fingerprint density at radius 1 is 1.06 bits per heavy atom. The van der Waals surface area contributed by atoms with Crippen LogP contribution in [0, 0.1) is 0 Å². The van der Waals surface area contributed by atoms with Crippen LogP contribution in [0.1, 0.15) is 30.5 Å². The van der Waals surface area contributed by atoms with E-state index in [1.165, 1.54) is 11.1 Å². The molecule has 2 aromatic rings. The summed E-state index contributed by atoms with van der Waals surface area (Å²) >= 11 is 3.50. The van der Waals surface area contributed by atoms with Crippen LogP contribution < -0.4 is 5.32 Å². The zero-order chi connectivity index (χ0) is 12.8. The predicted molar refractivity (Wildman–Crippen MR) is 80.5 cm³/mol. The van der Waals surface area contributed by atoms with Gasteiger partial charge in [0.2, 0.25) is 0 Å². The van der Waals surface area contributed by atoms with Crippen molar-refractivity contribution in [3.63, 3.8) is 0 Å². The molecule has 2 heteroatoms. The molecule has 1 unspecified atom stereocenters. The number of hydrogen-bond acceptors (Lipinski definition) is 1. The minimum atomic E-state index is 0.421. The smallest absolute Gasteiger partial charge is 0.0320 e. The summed E-state index contributed by atoms with van der Waals surface area (Å²) in [6, 6.07) is 19.5. The van der Waals surface area contributed by atoms with Crippen LogP contribution in [0.15, 0.2) is 59.1 Å². The van der Waals surface area contributed by atoms with E-state index in [2.05, 4.69) is 82.8 Å². The summed E-state index contributed by atoms with van der Waals surface area (Å²) in [5.41, 5.74) is 2.66. The topological polar surface area (TPSA) is 12.0 Å². The fourth-order valence-electron chi connectivity index (χ4n) is 2.07. The average molecular weight is 304 g/mol. The Kier molecular flexibility index (Phi) is 4.97. The zero-order valence-corrected chi connectivity index (χ0v) is 12.2. The summed E-state index contributed by atoms with van der Waals surface area (Å²) in [6.45, 7) is 3.11. The number of nitrogens with one attached hydrogen (secondary N) is 1. The Balaban J connectivity index is 2.00. The molecule has 0 saturated carbocycles. The Labute approximate surface area is 117 Å². The molecular formula is C16H18BrN. The van der Waals surface area contributed by atoms with E-state index >= 15 is 0 Å². The van der Waals surface area contributed by atoms with Crippen LogP contribution >= 0.6 is 15.9 Å². The molecule has 0 radical (unpaired) electrons. The molecule has 0 aliphatic heterocycles. The van der Waals surface area contributed by atoms with Gasteiger partial charge in [0.05, 0.1) is 0 Å². The molecule has 0 aliphatic rings. The maximum Gasteiger partial charge on any atom is 0.0320 e. The van der Waals surface area contributed by atoms with Gasteiger partial charge in [-0.1, -0.05) is 65.3 Å². The molecule has 2 rings (SSSR count). The van der Waals surface area contributed by atoms with Crippen molar-refractivity contribution in [3.8, 4) is 0 Å². The van der Waals surface area contributed by atoms with E-state index in [4.69, 9.17) is 0 Å². The monoisotopic (exact) mass is 303 g/mol. The van der Waals surface area contributed by atoms with Gasteiger partial charge in [0.1, 0.15) is 0 Å².